The predicted octanol–water partition coefficient (Wildman–Crippen LogP) is 1.32. The average Bonchev–Trinajstić information content (AvgIpc) is 2.34. The van der Waals surface area contributed by atoms with E-state index in [1.807, 2.05) is 13.2 Å². The Labute approximate surface area is 109 Å². The van der Waals surface area contributed by atoms with E-state index in [1.54, 1.807) is 0 Å². The Balaban J connectivity index is 2.13. The Hall–Kier alpha value is -1.13. The van der Waals surface area contributed by atoms with Crippen LogP contribution in [0.2, 0.25) is 0 Å². The summed E-state index contributed by atoms with van der Waals surface area (Å²) in [7, 11) is 1.94. The van der Waals surface area contributed by atoms with E-state index < -0.39 is 0 Å². The van der Waals surface area contributed by atoms with Crippen LogP contribution in [0.5, 0.6) is 0 Å². The highest BCUT2D eigenvalue weighted by molar-refractivity contribution is 5.48. The summed E-state index contributed by atoms with van der Waals surface area (Å²) < 4.78 is 0. The summed E-state index contributed by atoms with van der Waals surface area (Å²) >= 11 is 0. The largest absolute Gasteiger partial charge is 0.391 e. The van der Waals surface area contributed by atoms with Gasteiger partial charge in [-0.05, 0) is 43.5 Å². The standard InChI is InChI=1S/C14H23N3O/c1-10-4-5-17(9-13(10)18)14-11(2)6-12(7-15-3)8-16-14/h6,8,10,13,15,18H,4-5,7,9H2,1-3H3. The van der Waals surface area contributed by atoms with E-state index in [0.29, 0.717) is 12.5 Å². The van der Waals surface area contributed by atoms with E-state index in [0.717, 1.165) is 25.3 Å². The van der Waals surface area contributed by atoms with Crippen LogP contribution in [0.25, 0.3) is 0 Å². The zero-order chi connectivity index (χ0) is 13.1. The normalized spacial score (nSPS) is 24.3. The van der Waals surface area contributed by atoms with Crippen molar-refractivity contribution in [1.82, 2.24) is 10.3 Å². The van der Waals surface area contributed by atoms with Gasteiger partial charge in [0.1, 0.15) is 5.82 Å². The van der Waals surface area contributed by atoms with Crippen LogP contribution >= 0.6 is 0 Å². The number of nitrogens with one attached hydrogen (secondary N) is 1. The van der Waals surface area contributed by atoms with Crippen LogP contribution < -0.4 is 10.2 Å². The fraction of sp³-hybridized carbons (Fsp3) is 0.643. The van der Waals surface area contributed by atoms with Gasteiger partial charge in [-0.2, -0.15) is 0 Å². The fourth-order valence-electron chi connectivity index (χ4n) is 2.50. The summed E-state index contributed by atoms with van der Waals surface area (Å²) in [5.74, 6) is 1.41. The fourth-order valence-corrected chi connectivity index (χ4v) is 2.50. The minimum atomic E-state index is -0.239. The molecule has 0 aromatic carbocycles. The van der Waals surface area contributed by atoms with Crippen molar-refractivity contribution in [3.8, 4) is 0 Å². The molecule has 0 radical (unpaired) electrons. The van der Waals surface area contributed by atoms with Crippen molar-refractivity contribution in [2.45, 2.75) is 32.9 Å². The number of hydrogen-bond donors (Lipinski definition) is 2. The van der Waals surface area contributed by atoms with Gasteiger partial charge in [-0.15, -0.1) is 0 Å². The molecule has 0 spiro atoms. The number of hydrogen-bond acceptors (Lipinski definition) is 4. The van der Waals surface area contributed by atoms with Crippen LogP contribution in [0.1, 0.15) is 24.5 Å². The first-order chi connectivity index (χ1) is 8.61. The van der Waals surface area contributed by atoms with Gasteiger partial charge < -0.3 is 15.3 Å². The third-order valence-corrected chi connectivity index (χ3v) is 3.71. The van der Waals surface area contributed by atoms with Crippen molar-refractivity contribution < 1.29 is 5.11 Å². The van der Waals surface area contributed by atoms with Gasteiger partial charge in [0, 0.05) is 25.8 Å². The summed E-state index contributed by atoms with van der Waals surface area (Å²) in [6.07, 6.45) is 2.71. The van der Waals surface area contributed by atoms with E-state index in [1.165, 1.54) is 11.1 Å². The highest BCUT2D eigenvalue weighted by Gasteiger charge is 2.25. The molecule has 18 heavy (non-hydrogen) atoms. The smallest absolute Gasteiger partial charge is 0.131 e. The number of β-amino-alcohol motifs (C(OH)–C–C–N with tert-alkyl or cyclic N) is 1. The Morgan fingerprint density at radius 3 is 2.94 bits per heavy atom. The summed E-state index contributed by atoms with van der Waals surface area (Å²) in [5.41, 5.74) is 2.38. The Bertz CT molecular complexity index is 408. The summed E-state index contributed by atoms with van der Waals surface area (Å²) in [6.45, 7) is 6.72. The third kappa shape index (κ3) is 2.82. The Morgan fingerprint density at radius 1 is 1.56 bits per heavy atom. The van der Waals surface area contributed by atoms with Crippen molar-refractivity contribution in [3.05, 3.63) is 23.4 Å². The lowest BCUT2D eigenvalue weighted by Crippen LogP contribution is -2.43. The molecule has 2 unspecified atom stereocenters. The van der Waals surface area contributed by atoms with E-state index in [2.05, 4.69) is 35.1 Å². The number of anilines is 1. The molecule has 2 N–H and O–H groups in total. The number of piperidine rings is 1. The molecule has 4 nitrogen and oxygen atoms in total. The highest BCUT2D eigenvalue weighted by atomic mass is 16.3. The molecular formula is C14H23N3O. The molecule has 100 valence electrons. The Morgan fingerprint density at radius 2 is 2.33 bits per heavy atom. The monoisotopic (exact) mass is 249 g/mol. The van der Waals surface area contributed by atoms with E-state index in [-0.39, 0.29) is 6.10 Å². The maximum absolute atomic E-state index is 9.96. The first-order valence-corrected chi connectivity index (χ1v) is 6.65. The highest BCUT2D eigenvalue weighted by Crippen LogP contribution is 2.24. The van der Waals surface area contributed by atoms with Gasteiger partial charge in [0.05, 0.1) is 6.10 Å². The molecule has 4 heteroatoms. The van der Waals surface area contributed by atoms with Gasteiger partial charge in [-0.3, -0.25) is 0 Å². The van der Waals surface area contributed by atoms with Crippen molar-refractivity contribution in [2.75, 3.05) is 25.0 Å². The maximum Gasteiger partial charge on any atom is 0.131 e. The van der Waals surface area contributed by atoms with Gasteiger partial charge >= 0.3 is 0 Å². The number of pyridine rings is 1. The van der Waals surface area contributed by atoms with Crippen LogP contribution in [-0.2, 0) is 6.54 Å². The minimum Gasteiger partial charge on any atom is -0.391 e. The second-order valence-corrected chi connectivity index (χ2v) is 5.29. The molecule has 1 aliphatic heterocycles. The minimum absolute atomic E-state index is 0.239. The Kier molecular flexibility index (Phi) is 4.19. The molecule has 0 aliphatic carbocycles. The topological polar surface area (TPSA) is 48.4 Å². The molecule has 0 amide bonds. The summed E-state index contributed by atoms with van der Waals surface area (Å²) in [6, 6.07) is 2.17. The lowest BCUT2D eigenvalue weighted by molar-refractivity contribution is 0.102. The van der Waals surface area contributed by atoms with Crippen LogP contribution in [0, 0.1) is 12.8 Å². The SMILES string of the molecule is CNCc1cnc(N2CCC(C)C(O)C2)c(C)c1. The molecule has 2 atom stereocenters. The molecule has 2 heterocycles. The second kappa shape index (κ2) is 5.67. The van der Waals surface area contributed by atoms with Gasteiger partial charge in [0.2, 0.25) is 0 Å². The molecule has 1 aromatic heterocycles. The zero-order valence-corrected chi connectivity index (χ0v) is 11.5. The number of rotatable bonds is 3. The first-order valence-electron chi connectivity index (χ1n) is 6.65. The number of aliphatic hydroxyl groups excluding tert-OH is 1. The van der Waals surface area contributed by atoms with Crippen LogP contribution in [0.15, 0.2) is 12.3 Å². The van der Waals surface area contributed by atoms with Crippen molar-refractivity contribution in [3.63, 3.8) is 0 Å². The van der Waals surface area contributed by atoms with Crippen molar-refractivity contribution >= 4 is 5.82 Å². The van der Waals surface area contributed by atoms with Gasteiger partial charge in [-0.1, -0.05) is 6.92 Å². The third-order valence-electron chi connectivity index (χ3n) is 3.71. The van der Waals surface area contributed by atoms with Crippen LogP contribution in [0.4, 0.5) is 5.82 Å². The second-order valence-electron chi connectivity index (χ2n) is 5.29. The molecule has 1 saturated heterocycles. The van der Waals surface area contributed by atoms with E-state index >= 15 is 0 Å². The molecule has 0 bridgehead atoms. The van der Waals surface area contributed by atoms with E-state index in [4.69, 9.17) is 0 Å². The molecular weight excluding hydrogens is 226 g/mol. The lowest BCUT2D eigenvalue weighted by atomic mass is 9.96. The number of aliphatic hydroxyl groups is 1. The van der Waals surface area contributed by atoms with Gasteiger partial charge in [-0.25, -0.2) is 4.98 Å². The molecule has 1 aromatic rings. The molecule has 1 aliphatic rings. The summed E-state index contributed by atoms with van der Waals surface area (Å²) in [5, 5.41) is 13.1. The maximum atomic E-state index is 9.96. The van der Waals surface area contributed by atoms with Crippen LogP contribution in [0.3, 0.4) is 0 Å². The molecule has 2 rings (SSSR count). The van der Waals surface area contributed by atoms with E-state index in [9.17, 15) is 5.11 Å². The summed E-state index contributed by atoms with van der Waals surface area (Å²) in [4.78, 5) is 6.75. The van der Waals surface area contributed by atoms with Gasteiger partial charge in [0.15, 0.2) is 0 Å². The van der Waals surface area contributed by atoms with Crippen LogP contribution in [-0.4, -0.2) is 36.3 Å². The van der Waals surface area contributed by atoms with Crippen molar-refractivity contribution in [2.24, 2.45) is 5.92 Å². The zero-order valence-electron chi connectivity index (χ0n) is 11.5. The number of aryl methyl sites for hydroxylation is 1. The predicted molar refractivity (Wildman–Crippen MR) is 73.7 cm³/mol. The number of nitrogens with zero attached hydrogens (tertiary/aromatic N) is 2. The van der Waals surface area contributed by atoms with Gasteiger partial charge in [0.25, 0.3) is 0 Å². The average molecular weight is 249 g/mol. The first kappa shape index (κ1) is 13.3. The van der Waals surface area contributed by atoms with Crippen molar-refractivity contribution in [1.29, 1.82) is 0 Å². The molecule has 1 fully saturated rings. The molecule has 0 saturated carbocycles. The quantitative estimate of drug-likeness (QED) is 0.848. The lowest BCUT2D eigenvalue weighted by Gasteiger charge is -2.35. The number of aromatic nitrogens is 1.